The molecule has 0 aliphatic carbocycles. The fraction of sp³-hybridized carbons (Fsp3) is 0.333. The number of nitrogens with zero attached hydrogens (tertiary/aromatic N) is 1. The molecule has 0 aromatic carbocycles. The minimum absolute atomic E-state index is 0.0108. The van der Waals surface area contributed by atoms with Crippen LogP contribution >= 0.6 is 0 Å². The summed E-state index contributed by atoms with van der Waals surface area (Å²) in [6.45, 7) is 3.57. The van der Waals surface area contributed by atoms with Crippen molar-refractivity contribution in [1.82, 2.24) is 4.40 Å². The maximum absolute atomic E-state index is 12.9. The summed E-state index contributed by atoms with van der Waals surface area (Å²) in [5.41, 5.74) is 1.14. The van der Waals surface area contributed by atoms with Gasteiger partial charge < -0.3 is 23.3 Å². The lowest BCUT2D eigenvalue weighted by Crippen LogP contribution is -2.14. The van der Waals surface area contributed by atoms with E-state index in [9.17, 15) is 19.2 Å². The van der Waals surface area contributed by atoms with Crippen molar-refractivity contribution in [2.75, 3.05) is 27.4 Å². The molecule has 3 aromatic rings. The first-order valence-corrected chi connectivity index (χ1v) is 9.31. The second-order valence-electron chi connectivity index (χ2n) is 6.27. The molecule has 0 N–H and O–H groups in total. The minimum Gasteiger partial charge on any atom is -0.466 e. The summed E-state index contributed by atoms with van der Waals surface area (Å²) in [4.78, 5) is 50.3. The van der Waals surface area contributed by atoms with Gasteiger partial charge in [0.05, 0.1) is 56.0 Å². The fourth-order valence-electron chi connectivity index (χ4n) is 3.61. The molecule has 0 unspecified atom stereocenters. The van der Waals surface area contributed by atoms with Crippen LogP contribution in [0.5, 0.6) is 0 Å². The standard InChI is InChI=1S/C21H21NO8/c1-5-29-14(23)10-11-12-8-7-9-13-16(19(24)27-3)17(20(25)28-4)18(22(12)13)15(11)21(26)30-6-2/h7-9H,5-6,10H2,1-4H3. The van der Waals surface area contributed by atoms with Crippen LogP contribution in [0, 0.1) is 0 Å². The second-order valence-corrected chi connectivity index (χ2v) is 6.27. The number of carbonyl (C=O) groups is 4. The Morgan fingerprint density at radius 2 is 1.40 bits per heavy atom. The molecule has 0 fully saturated rings. The van der Waals surface area contributed by atoms with E-state index in [4.69, 9.17) is 18.9 Å². The Labute approximate surface area is 171 Å². The Bertz CT molecular complexity index is 1140. The molecule has 0 saturated carbocycles. The molecule has 9 nitrogen and oxygen atoms in total. The van der Waals surface area contributed by atoms with Crippen LogP contribution in [0.2, 0.25) is 0 Å². The summed E-state index contributed by atoms with van der Waals surface area (Å²) >= 11 is 0. The maximum atomic E-state index is 12.9. The average molecular weight is 415 g/mol. The largest absolute Gasteiger partial charge is 0.466 e. The SMILES string of the molecule is CCOC(=O)Cc1c(C(=O)OCC)c2c(C(=O)OC)c(C(=O)OC)c3cccc1n32. The van der Waals surface area contributed by atoms with Crippen LogP contribution < -0.4 is 0 Å². The number of hydrogen-bond acceptors (Lipinski definition) is 8. The van der Waals surface area contributed by atoms with Gasteiger partial charge >= 0.3 is 23.9 Å². The molecular weight excluding hydrogens is 394 g/mol. The van der Waals surface area contributed by atoms with Gasteiger partial charge in [-0.15, -0.1) is 0 Å². The summed E-state index contributed by atoms with van der Waals surface area (Å²) in [5.74, 6) is -2.84. The monoisotopic (exact) mass is 415 g/mol. The molecule has 158 valence electrons. The molecule has 0 radical (unpaired) electrons. The van der Waals surface area contributed by atoms with Gasteiger partial charge in [0.1, 0.15) is 11.1 Å². The van der Waals surface area contributed by atoms with Crippen molar-refractivity contribution in [2.45, 2.75) is 20.3 Å². The van der Waals surface area contributed by atoms with Gasteiger partial charge in [-0.2, -0.15) is 0 Å². The lowest BCUT2D eigenvalue weighted by atomic mass is 10.0. The van der Waals surface area contributed by atoms with Crippen molar-refractivity contribution in [2.24, 2.45) is 0 Å². The molecule has 3 rings (SSSR count). The average Bonchev–Trinajstić information content (AvgIpc) is 3.23. The molecule has 30 heavy (non-hydrogen) atoms. The van der Waals surface area contributed by atoms with Gasteiger partial charge in [0.25, 0.3) is 0 Å². The maximum Gasteiger partial charge on any atom is 0.340 e. The number of carbonyl (C=O) groups excluding carboxylic acids is 4. The van der Waals surface area contributed by atoms with Gasteiger partial charge in [0.15, 0.2) is 0 Å². The number of pyridine rings is 1. The molecule has 0 aliphatic heterocycles. The highest BCUT2D eigenvalue weighted by molar-refractivity contribution is 6.19. The van der Waals surface area contributed by atoms with Crippen molar-refractivity contribution in [3.05, 3.63) is 40.5 Å². The van der Waals surface area contributed by atoms with E-state index in [1.54, 1.807) is 36.4 Å². The number of esters is 4. The van der Waals surface area contributed by atoms with Gasteiger partial charge in [-0.25, -0.2) is 14.4 Å². The Kier molecular flexibility index (Phi) is 5.91. The Hall–Kier alpha value is -3.62. The molecule has 0 aliphatic rings. The third-order valence-corrected chi connectivity index (χ3v) is 4.69. The fourth-order valence-corrected chi connectivity index (χ4v) is 3.61. The van der Waals surface area contributed by atoms with Gasteiger partial charge in [0.2, 0.25) is 0 Å². The normalized spacial score (nSPS) is 10.9. The van der Waals surface area contributed by atoms with Crippen molar-refractivity contribution >= 4 is 40.4 Å². The zero-order valence-electron chi connectivity index (χ0n) is 17.1. The van der Waals surface area contributed by atoms with Gasteiger partial charge in [-0.3, -0.25) is 4.79 Å². The van der Waals surface area contributed by atoms with Crippen LogP contribution in [0.1, 0.15) is 50.5 Å². The van der Waals surface area contributed by atoms with Gasteiger partial charge in [-0.05, 0) is 26.0 Å². The van der Waals surface area contributed by atoms with Crippen LogP contribution in [0.15, 0.2) is 18.2 Å². The molecule has 0 bridgehead atoms. The Morgan fingerprint density at radius 3 is 2.00 bits per heavy atom. The smallest absolute Gasteiger partial charge is 0.340 e. The number of aromatic nitrogens is 1. The summed E-state index contributed by atoms with van der Waals surface area (Å²) in [7, 11) is 2.36. The van der Waals surface area contributed by atoms with Crippen molar-refractivity contribution < 1.29 is 38.1 Å². The van der Waals surface area contributed by atoms with E-state index in [2.05, 4.69) is 0 Å². The second kappa shape index (κ2) is 8.40. The minimum atomic E-state index is -0.820. The van der Waals surface area contributed by atoms with Crippen molar-refractivity contribution in [3.8, 4) is 0 Å². The third kappa shape index (κ3) is 3.22. The highest BCUT2D eigenvalue weighted by atomic mass is 16.5. The molecule has 9 heteroatoms. The highest BCUT2D eigenvalue weighted by Crippen LogP contribution is 2.37. The number of hydrogen-bond donors (Lipinski definition) is 0. The van der Waals surface area contributed by atoms with Gasteiger partial charge in [0, 0.05) is 5.56 Å². The summed E-state index contributed by atoms with van der Waals surface area (Å²) in [6.07, 6.45) is -0.211. The molecule has 0 spiro atoms. The first kappa shape index (κ1) is 21.1. The number of rotatable bonds is 7. The number of methoxy groups -OCH3 is 2. The van der Waals surface area contributed by atoms with E-state index >= 15 is 0 Å². The van der Waals surface area contributed by atoms with Crippen molar-refractivity contribution in [3.63, 3.8) is 0 Å². The topological polar surface area (TPSA) is 110 Å². The predicted molar refractivity (Wildman–Crippen MR) is 105 cm³/mol. The molecule has 0 amide bonds. The molecular formula is C21H21NO8. The first-order chi connectivity index (χ1) is 14.4. The van der Waals surface area contributed by atoms with E-state index < -0.39 is 23.9 Å². The predicted octanol–water partition coefficient (Wildman–Crippen LogP) is 2.39. The zero-order chi connectivity index (χ0) is 22.0. The lowest BCUT2D eigenvalue weighted by molar-refractivity contribution is -0.142. The van der Waals surface area contributed by atoms with Crippen LogP contribution in [0.4, 0.5) is 0 Å². The van der Waals surface area contributed by atoms with Crippen LogP contribution in [0.3, 0.4) is 0 Å². The van der Waals surface area contributed by atoms with Crippen LogP contribution in [-0.2, 0) is 30.2 Å². The first-order valence-electron chi connectivity index (χ1n) is 9.31. The Balaban J connectivity index is 2.48. The lowest BCUT2D eigenvalue weighted by Gasteiger charge is -2.08. The number of ether oxygens (including phenoxy) is 4. The molecule has 0 saturated heterocycles. The van der Waals surface area contributed by atoms with E-state index in [-0.39, 0.29) is 41.8 Å². The van der Waals surface area contributed by atoms with Crippen molar-refractivity contribution in [1.29, 1.82) is 0 Å². The molecule has 3 aromatic heterocycles. The van der Waals surface area contributed by atoms with Gasteiger partial charge in [-0.1, -0.05) is 6.07 Å². The van der Waals surface area contributed by atoms with E-state index in [0.29, 0.717) is 16.6 Å². The van der Waals surface area contributed by atoms with E-state index in [1.165, 1.54) is 14.2 Å². The van der Waals surface area contributed by atoms with Crippen LogP contribution in [-0.4, -0.2) is 55.7 Å². The third-order valence-electron chi connectivity index (χ3n) is 4.69. The zero-order valence-corrected chi connectivity index (χ0v) is 17.1. The highest BCUT2D eigenvalue weighted by Gasteiger charge is 2.35. The summed E-state index contributed by atoms with van der Waals surface area (Å²) in [6, 6.07) is 4.95. The summed E-state index contributed by atoms with van der Waals surface area (Å²) < 4.78 is 21.5. The summed E-state index contributed by atoms with van der Waals surface area (Å²) in [5, 5.41) is 0. The van der Waals surface area contributed by atoms with Crippen LogP contribution in [0.25, 0.3) is 16.6 Å². The molecule has 0 atom stereocenters. The Morgan fingerprint density at radius 1 is 0.800 bits per heavy atom. The van der Waals surface area contributed by atoms with E-state index in [0.717, 1.165) is 0 Å². The van der Waals surface area contributed by atoms with E-state index in [1.807, 2.05) is 0 Å². The molecule has 3 heterocycles. The quantitative estimate of drug-likeness (QED) is 0.427.